The Hall–Kier alpha value is -0.650. The molecule has 5 nitrogen and oxygen atoms in total. The van der Waals surface area contributed by atoms with Crippen LogP contribution in [0.25, 0.3) is 0 Å². The predicted molar refractivity (Wildman–Crippen MR) is 67.8 cm³/mol. The van der Waals surface area contributed by atoms with Crippen LogP contribution in [0.3, 0.4) is 0 Å². The molecular formula is C12H25N3O2. The summed E-state index contributed by atoms with van der Waals surface area (Å²) in [5.74, 6) is 0.0222. The molecule has 0 bridgehead atoms. The van der Waals surface area contributed by atoms with Gasteiger partial charge in [0, 0.05) is 26.2 Å². The molecule has 0 aromatic rings. The van der Waals surface area contributed by atoms with E-state index in [1.165, 1.54) is 0 Å². The SMILES string of the molecule is CCC1CN(C)CCCN1C(=O)C(N)COC. The van der Waals surface area contributed by atoms with E-state index in [0.717, 1.165) is 32.5 Å². The van der Waals surface area contributed by atoms with Gasteiger partial charge >= 0.3 is 0 Å². The maximum atomic E-state index is 12.2. The van der Waals surface area contributed by atoms with Crippen molar-refractivity contribution >= 4 is 5.91 Å². The number of hydrogen-bond donors (Lipinski definition) is 1. The molecule has 1 heterocycles. The normalized spacial score (nSPS) is 24.5. The lowest BCUT2D eigenvalue weighted by Gasteiger charge is -2.32. The third-order valence-corrected chi connectivity index (χ3v) is 3.32. The standard InChI is InChI=1S/C12H25N3O2/c1-4-10-8-14(2)6-5-7-15(10)12(16)11(13)9-17-3/h10-11H,4-9,13H2,1-3H3. The largest absolute Gasteiger partial charge is 0.383 e. The van der Waals surface area contributed by atoms with E-state index in [1.807, 2.05) is 4.90 Å². The maximum Gasteiger partial charge on any atom is 0.242 e. The fraction of sp³-hybridized carbons (Fsp3) is 0.917. The van der Waals surface area contributed by atoms with Gasteiger partial charge in [-0.3, -0.25) is 4.79 Å². The molecule has 2 N–H and O–H groups in total. The summed E-state index contributed by atoms with van der Waals surface area (Å²) in [5.41, 5.74) is 5.83. The van der Waals surface area contributed by atoms with Gasteiger partial charge in [-0.05, 0) is 26.4 Å². The molecule has 0 aromatic heterocycles. The average molecular weight is 243 g/mol. The quantitative estimate of drug-likeness (QED) is 0.749. The molecule has 2 atom stereocenters. The predicted octanol–water partition coefficient (Wildman–Crippen LogP) is -0.0972. The van der Waals surface area contributed by atoms with Crippen LogP contribution in [0.1, 0.15) is 19.8 Å². The first-order chi connectivity index (χ1) is 8.10. The molecule has 0 aromatic carbocycles. The number of methoxy groups -OCH3 is 1. The Kier molecular flexibility index (Phi) is 5.88. The lowest BCUT2D eigenvalue weighted by atomic mass is 10.1. The summed E-state index contributed by atoms with van der Waals surface area (Å²) in [6.07, 6.45) is 1.98. The molecule has 0 saturated carbocycles. The van der Waals surface area contributed by atoms with Crippen molar-refractivity contribution in [2.75, 3.05) is 40.4 Å². The van der Waals surface area contributed by atoms with Crippen molar-refractivity contribution in [2.24, 2.45) is 5.73 Å². The zero-order chi connectivity index (χ0) is 12.8. The monoisotopic (exact) mass is 243 g/mol. The van der Waals surface area contributed by atoms with Gasteiger partial charge in [0.1, 0.15) is 6.04 Å². The second-order valence-corrected chi connectivity index (χ2v) is 4.77. The van der Waals surface area contributed by atoms with Crippen molar-refractivity contribution in [3.63, 3.8) is 0 Å². The third kappa shape index (κ3) is 3.94. The van der Waals surface area contributed by atoms with Crippen molar-refractivity contribution in [1.29, 1.82) is 0 Å². The molecule has 0 aliphatic carbocycles. The topological polar surface area (TPSA) is 58.8 Å². The fourth-order valence-electron chi connectivity index (χ4n) is 2.35. The molecule has 0 spiro atoms. The second-order valence-electron chi connectivity index (χ2n) is 4.77. The smallest absolute Gasteiger partial charge is 0.242 e. The van der Waals surface area contributed by atoms with Crippen LogP contribution in [-0.4, -0.2) is 68.2 Å². The van der Waals surface area contributed by atoms with Gasteiger partial charge in [0.05, 0.1) is 6.61 Å². The molecule has 1 saturated heterocycles. The minimum Gasteiger partial charge on any atom is -0.383 e. The zero-order valence-electron chi connectivity index (χ0n) is 11.2. The first-order valence-corrected chi connectivity index (χ1v) is 6.33. The van der Waals surface area contributed by atoms with Crippen LogP contribution in [0, 0.1) is 0 Å². The molecule has 1 aliphatic rings. The second kappa shape index (κ2) is 6.93. The van der Waals surface area contributed by atoms with Crippen LogP contribution in [0.2, 0.25) is 0 Å². The van der Waals surface area contributed by atoms with Gasteiger partial charge in [-0.1, -0.05) is 6.92 Å². The van der Waals surface area contributed by atoms with E-state index >= 15 is 0 Å². The average Bonchev–Trinajstić information content (AvgIpc) is 2.49. The number of hydrogen-bond acceptors (Lipinski definition) is 4. The Morgan fingerprint density at radius 3 is 2.82 bits per heavy atom. The molecule has 0 radical (unpaired) electrons. The van der Waals surface area contributed by atoms with Gasteiger partial charge in [-0.25, -0.2) is 0 Å². The van der Waals surface area contributed by atoms with E-state index in [2.05, 4.69) is 18.9 Å². The van der Waals surface area contributed by atoms with Crippen LogP contribution in [0.15, 0.2) is 0 Å². The summed E-state index contributed by atoms with van der Waals surface area (Å²) in [6, 6.07) is -0.254. The van der Waals surface area contributed by atoms with Gasteiger partial charge in [-0.2, -0.15) is 0 Å². The van der Waals surface area contributed by atoms with Crippen molar-refractivity contribution in [3.05, 3.63) is 0 Å². The van der Waals surface area contributed by atoms with Crippen molar-refractivity contribution in [2.45, 2.75) is 31.8 Å². The van der Waals surface area contributed by atoms with Crippen LogP contribution in [0.4, 0.5) is 0 Å². The van der Waals surface area contributed by atoms with Gasteiger partial charge in [0.25, 0.3) is 0 Å². The van der Waals surface area contributed by atoms with Gasteiger partial charge in [-0.15, -0.1) is 0 Å². The Morgan fingerprint density at radius 1 is 1.53 bits per heavy atom. The van der Waals surface area contributed by atoms with Crippen LogP contribution < -0.4 is 5.73 Å². The number of carbonyl (C=O) groups is 1. The number of ether oxygens (including phenoxy) is 1. The van der Waals surface area contributed by atoms with Gasteiger partial charge < -0.3 is 20.3 Å². The summed E-state index contributed by atoms with van der Waals surface area (Å²) >= 11 is 0. The molecular weight excluding hydrogens is 218 g/mol. The van der Waals surface area contributed by atoms with E-state index in [1.54, 1.807) is 7.11 Å². The molecule has 5 heteroatoms. The zero-order valence-corrected chi connectivity index (χ0v) is 11.2. The highest BCUT2D eigenvalue weighted by molar-refractivity contribution is 5.82. The van der Waals surface area contributed by atoms with E-state index in [9.17, 15) is 4.79 Å². The molecule has 1 rings (SSSR count). The summed E-state index contributed by atoms with van der Waals surface area (Å²) in [5, 5.41) is 0. The molecule has 1 fully saturated rings. The first kappa shape index (κ1) is 14.4. The molecule has 2 unspecified atom stereocenters. The Labute approximate surface area is 104 Å². The van der Waals surface area contributed by atoms with Crippen molar-refractivity contribution in [3.8, 4) is 0 Å². The highest BCUT2D eigenvalue weighted by Gasteiger charge is 2.29. The minimum atomic E-state index is -0.530. The maximum absolute atomic E-state index is 12.2. The number of rotatable bonds is 4. The van der Waals surface area contributed by atoms with E-state index in [-0.39, 0.29) is 11.9 Å². The molecule has 1 aliphatic heterocycles. The van der Waals surface area contributed by atoms with E-state index in [0.29, 0.717) is 6.61 Å². The molecule has 100 valence electrons. The lowest BCUT2D eigenvalue weighted by Crippen LogP contribution is -2.51. The minimum absolute atomic E-state index is 0.0222. The Morgan fingerprint density at radius 2 is 2.24 bits per heavy atom. The van der Waals surface area contributed by atoms with Crippen LogP contribution >= 0.6 is 0 Å². The van der Waals surface area contributed by atoms with Gasteiger partial charge in [0.2, 0.25) is 5.91 Å². The fourth-order valence-corrected chi connectivity index (χ4v) is 2.35. The van der Waals surface area contributed by atoms with Crippen molar-refractivity contribution in [1.82, 2.24) is 9.80 Å². The summed E-state index contributed by atoms with van der Waals surface area (Å²) < 4.78 is 4.95. The number of nitrogens with zero attached hydrogens (tertiary/aromatic N) is 2. The summed E-state index contributed by atoms with van der Waals surface area (Å²) in [4.78, 5) is 16.4. The van der Waals surface area contributed by atoms with Crippen LogP contribution in [0.5, 0.6) is 0 Å². The van der Waals surface area contributed by atoms with E-state index < -0.39 is 6.04 Å². The highest BCUT2D eigenvalue weighted by atomic mass is 16.5. The molecule has 1 amide bonds. The number of likely N-dealkylation sites (N-methyl/N-ethyl adjacent to an activating group) is 1. The number of carbonyl (C=O) groups excluding carboxylic acids is 1. The van der Waals surface area contributed by atoms with E-state index in [4.69, 9.17) is 10.5 Å². The summed E-state index contributed by atoms with van der Waals surface area (Å²) in [7, 11) is 3.67. The van der Waals surface area contributed by atoms with Crippen molar-refractivity contribution < 1.29 is 9.53 Å². The Balaban J connectivity index is 2.67. The molecule has 17 heavy (non-hydrogen) atoms. The summed E-state index contributed by atoms with van der Waals surface area (Å²) in [6.45, 7) is 5.19. The highest BCUT2D eigenvalue weighted by Crippen LogP contribution is 2.13. The van der Waals surface area contributed by atoms with Gasteiger partial charge in [0.15, 0.2) is 0 Å². The third-order valence-electron chi connectivity index (χ3n) is 3.32. The Bertz CT molecular complexity index is 248. The lowest BCUT2D eigenvalue weighted by molar-refractivity contribution is -0.136. The first-order valence-electron chi connectivity index (χ1n) is 6.33. The number of nitrogens with two attached hydrogens (primary N) is 1. The van der Waals surface area contributed by atoms with Crippen LogP contribution in [-0.2, 0) is 9.53 Å². The number of amides is 1.